The molecule has 1 aromatic carbocycles. The van der Waals surface area contributed by atoms with Crippen molar-refractivity contribution in [3.05, 3.63) is 45.0 Å². The van der Waals surface area contributed by atoms with E-state index < -0.39 is 11.1 Å². The summed E-state index contributed by atoms with van der Waals surface area (Å²) in [6.07, 6.45) is 1.59. The molecule has 8 nitrogen and oxygen atoms in total. The molecule has 0 spiro atoms. The quantitative estimate of drug-likeness (QED) is 0.813. The number of carbonyl (C=O) groups is 2. The molecule has 0 radical (unpaired) electrons. The molecule has 1 atom stereocenters. The molecule has 1 unspecified atom stereocenters. The molecule has 1 aliphatic heterocycles. The van der Waals surface area contributed by atoms with Crippen LogP contribution in [0.2, 0.25) is 0 Å². The number of piperidine rings is 1. The van der Waals surface area contributed by atoms with Crippen molar-refractivity contribution >= 4 is 22.6 Å². The van der Waals surface area contributed by atoms with Crippen molar-refractivity contribution in [3.8, 4) is 0 Å². The number of rotatable bonds is 4. The number of carbonyl (C=O) groups excluding carboxylic acids is 2. The molecule has 2 amide bonds. The number of hydrogen-bond acceptors (Lipinski definition) is 4. The molecule has 1 fully saturated rings. The van der Waals surface area contributed by atoms with E-state index in [0.717, 1.165) is 17.5 Å². The number of nitrogens with one attached hydrogen (secondary N) is 2. The fourth-order valence-electron chi connectivity index (χ4n) is 3.28. The Bertz CT molecular complexity index is 976. The number of nitrogens with zero attached hydrogens (tertiary/aromatic N) is 2. The Morgan fingerprint density at radius 3 is 2.63 bits per heavy atom. The monoisotopic (exact) mass is 372 g/mol. The number of amides is 2. The Hall–Kier alpha value is -2.90. The lowest BCUT2D eigenvalue weighted by Crippen LogP contribution is -2.51. The van der Waals surface area contributed by atoms with Crippen LogP contribution in [-0.4, -0.2) is 45.6 Å². The van der Waals surface area contributed by atoms with E-state index >= 15 is 0 Å². The van der Waals surface area contributed by atoms with E-state index in [0.29, 0.717) is 18.5 Å². The summed E-state index contributed by atoms with van der Waals surface area (Å²) in [6, 6.07) is 6.43. The van der Waals surface area contributed by atoms with E-state index in [1.54, 1.807) is 29.2 Å². The minimum absolute atomic E-state index is 0.0376. The number of fused-ring (bicyclic) bond motifs is 1. The first kappa shape index (κ1) is 18.9. The number of aromatic amines is 1. The fourth-order valence-corrected chi connectivity index (χ4v) is 3.28. The highest BCUT2D eigenvalue weighted by Crippen LogP contribution is 2.11. The normalized spacial score (nSPS) is 17.3. The SMILES string of the molecule is CC(C)C(=O)NC1CCCN(C(=O)Cn2[nH]c(=O)c3ccccc3c2=O)C1. The number of benzene rings is 1. The molecule has 0 aliphatic carbocycles. The van der Waals surface area contributed by atoms with Gasteiger partial charge in [0.05, 0.1) is 10.8 Å². The van der Waals surface area contributed by atoms with Gasteiger partial charge in [0.1, 0.15) is 6.54 Å². The first-order valence-electron chi connectivity index (χ1n) is 9.17. The topological polar surface area (TPSA) is 104 Å². The van der Waals surface area contributed by atoms with Crippen LogP contribution >= 0.6 is 0 Å². The Morgan fingerprint density at radius 1 is 1.22 bits per heavy atom. The zero-order chi connectivity index (χ0) is 19.6. The van der Waals surface area contributed by atoms with Crippen LogP contribution in [0.1, 0.15) is 26.7 Å². The number of likely N-dealkylation sites (tertiary alicyclic amines) is 1. The van der Waals surface area contributed by atoms with Crippen molar-refractivity contribution in [1.82, 2.24) is 20.0 Å². The number of aromatic nitrogens is 2. The Balaban J connectivity index is 1.75. The molecule has 0 saturated carbocycles. The van der Waals surface area contributed by atoms with Gasteiger partial charge in [0, 0.05) is 25.0 Å². The van der Waals surface area contributed by atoms with Crippen LogP contribution in [0.25, 0.3) is 10.8 Å². The number of hydrogen-bond donors (Lipinski definition) is 2. The fraction of sp³-hybridized carbons (Fsp3) is 0.474. The third-order valence-electron chi connectivity index (χ3n) is 4.82. The van der Waals surface area contributed by atoms with Gasteiger partial charge >= 0.3 is 0 Å². The van der Waals surface area contributed by atoms with E-state index in [9.17, 15) is 19.2 Å². The summed E-state index contributed by atoms with van der Waals surface area (Å²) in [6.45, 7) is 4.39. The molecule has 2 aromatic rings. The van der Waals surface area contributed by atoms with Gasteiger partial charge in [-0.15, -0.1) is 0 Å². The molecule has 2 heterocycles. The minimum atomic E-state index is -0.404. The van der Waals surface area contributed by atoms with Crippen molar-refractivity contribution < 1.29 is 9.59 Å². The van der Waals surface area contributed by atoms with Crippen LogP contribution in [-0.2, 0) is 16.1 Å². The van der Waals surface area contributed by atoms with Crippen LogP contribution in [0.5, 0.6) is 0 Å². The summed E-state index contributed by atoms with van der Waals surface area (Å²) in [5.74, 6) is -0.409. The third kappa shape index (κ3) is 4.10. The average Bonchev–Trinajstić information content (AvgIpc) is 2.66. The zero-order valence-corrected chi connectivity index (χ0v) is 15.5. The Labute approximate surface area is 156 Å². The summed E-state index contributed by atoms with van der Waals surface area (Å²) < 4.78 is 1.06. The summed E-state index contributed by atoms with van der Waals surface area (Å²) in [5.41, 5.74) is -0.807. The lowest BCUT2D eigenvalue weighted by atomic mass is 10.0. The lowest BCUT2D eigenvalue weighted by molar-refractivity contribution is -0.134. The molecule has 0 bridgehead atoms. The first-order chi connectivity index (χ1) is 12.9. The largest absolute Gasteiger partial charge is 0.351 e. The summed E-state index contributed by atoms with van der Waals surface area (Å²) in [4.78, 5) is 50.9. The van der Waals surface area contributed by atoms with Gasteiger partial charge in [-0.2, -0.15) is 0 Å². The molecule has 144 valence electrons. The smallest absolute Gasteiger partial charge is 0.273 e. The Morgan fingerprint density at radius 2 is 1.93 bits per heavy atom. The van der Waals surface area contributed by atoms with Crippen molar-refractivity contribution in [2.24, 2.45) is 5.92 Å². The van der Waals surface area contributed by atoms with E-state index in [1.807, 2.05) is 13.8 Å². The van der Waals surface area contributed by atoms with Crippen LogP contribution in [0.3, 0.4) is 0 Å². The molecule has 1 saturated heterocycles. The third-order valence-corrected chi connectivity index (χ3v) is 4.82. The maximum atomic E-state index is 12.7. The second kappa shape index (κ2) is 7.77. The molecule has 1 aliphatic rings. The summed E-state index contributed by atoms with van der Waals surface area (Å²) in [5, 5.41) is 6.02. The number of H-pyrrole nitrogens is 1. The van der Waals surface area contributed by atoms with Crippen molar-refractivity contribution in [1.29, 1.82) is 0 Å². The van der Waals surface area contributed by atoms with Gasteiger partial charge in [-0.05, 0) is 25.0 Å². The maximum Gasteiger partial charge on any atom is 0.273 e. The highest BCUT2D eigenvalue weighted by atomic mass is 16.2. The van der Waals surface area contributed by atoms with Crippen molar-refractivity contribution in [2.75, 3.05) is 13.1 Å². The van der Waals surface area contributed by atoms with Gasteiger partial charge < -0.3 is 10.2 Å². The second-order valence-electron chi connectivity index (χ2n) is 7.22. The molecular formula is C19H24N4O4. The standard InChI is InChI=1S/C19H24N4O4/c1-12(2)17(25)20-13-6-5-9-22(10-13)16(24)11-23-19(27)15-8-4-3-7-14(15)18(26)21-23/h3-4,7-8,12-13H,5-6,9-11H2,1-2H3,(H,20,25)(H,21,26). The van der Waals surface area contributed by atoms with Crippen LogP contribution in [0.4, 0.5) is 0 Å². The van der Waals surface area contributed by atoms with Gasteiger partial charge in [0.2, 0.25) is 11.8 Å². The second-order valence-corrected chi connectivity index (χ2v) is 7.22. The van der Waals surface area contributed by atoms with E-state index in [2.05, 4.69) is 10.4 Å². The molecule has 3 rings (SSSR count). The van der Waals surface area contributed by atoms with Crippen LogP contribution in [0.15, 0.2) is 33.9 Å². The van der Waals surface area contributed by atoms with Gasteiger partial charge in [0.25, 0.3) is 11.1 Å². The lowest BCUT2D eigenvalue weighted by Gasteiger charge is -2.33. The predicted octanol–water partition coefficient (Wildman–Crippen LogP) is 0.453. The average molecular weight is 372 g/mol. The van der Waals surface area contributed by atoms with Crippen molar-refractivity contribution in [3.63, 3.8) is 0 Å². The van der Waals surface area contributed by atoms with E-state index in [1.165, 1.54) is 0 Å². The molecule has 1 aromatic heterocycles. The van der Waals surface area contributed by atoms with Crippen molar-refractivity contribution in [2.45, 2.75) is 39.3 Å². The molecule has 2 N–H and O–H groups in total. The summed E-state index contributed by atoms with van der Waals surface area (Å²) >= 11 is 0. The zero-order valence-electron chi connectivity index (χ0n) is 15.5. The van der Waals surface area contributed by atoms with Crippen LogP contribution in [0, 0.1) is 5.92 Å². The van der Waals surface area contributed by atoms with E-state index in [-0.39, 0.29) is 35.7 Å². The summed E-state index contributed by atoms with van der Waals surface area (Å²) in [7, 11) is 0. The minimum Gasteiger partial charge on any atom is -0.351 e. The van der Waals surface area contributed by atoms with Gasteiger partial charge in [-0.1, -0.05) is 26.0 Å². The van der Waals surface area contributed by atoms with Gasteiger partial charge in [-0.25, -0.2) is 4.68 Å². The highest BCUT2D eigenvalue weighted by molar-refractivity contribution is 5.81. The molecule has 8 heteroatoms. The maximum absolute atomic E-state index is 12.7. The highest BCUT2D eigenvalue weighted by Gasteiger charge is 2.26. The van der Waals surface area contributed by atoms with Crippen LogP contribution < -0.4 is 16.4 Å². The van der Waals surface area contributed by atoms with E-state index in [4.69, 9.17) is 0 Å². The molecular weight excluding hydrogens is 348 g/mol. The Kier molecular flexibility index (Phi) is 5.43. The predicted molar refractivity (Wildman–Crippen MR) is 101 cm³/mol. The molecule has 27 heavy (non-hydrogen) atoms. The van der Waals surface area contributed by atoms with Gasteiger partial charge in [-0.3, -0.25) is 24.3 Å². The first-order valence-corrected chi connectivity index (χ1v) is 9.17. The van der Waals surface area contributed by atoms with Gasteiger partial charge in [0.15, 0.2) is 0 Å².